The van der Waals surface area contributed by atoms with E-state index in [-0.39, 0.29) is 0 Å². The highest BCUT2D eigenvalue weighted by atomic mass is 32.2. The topological polar surface area (TPSA) is 27.6 Å². The Morgan fingerprint density at radius 2 is 2.28 bits per heavy atom. The zero-order valence-corrected chi connectivity index (χ0v) is 11.8. The van der Waals surface area contributed by atoms with Crippen LogP contribution in [0.1, 0.15) is 25.8 Å². The maximum Gasteiger partial charge on any atom is 0.168 e. The zero-order chi connectivity index (χ0) is 12.5. The minimum atomic E-state index is 0.972. The van der Waals surface area contributed by atoms with Crippen LogP contribution in [0.2, 0.25) is 0 Å². The second-order valence-corrected chi connectivity index (χ2v) is 5.64. The van der Waals surface area contributed by atoms with Gasteiger partial charge in [-0.05, 0) is 49.2 Å². The molecule has 0 fully saturated rings. The van der Waals surface area contributed by atoms with E-state index >= 15 is 0 Å². The Hall–Kier alpha value is -1.16. The van der Waals surface area contributed by atoms with Crippen LogP contribution in [0.4, 0.5) is 11.4 Å². The van der Waals surface area contributed by atoms with Gasteiger partial charge in [0, 0.05) is 30.2 Å². The normalized spacial score (nSPS) is 17.2. The fourth-order valence-electron chi connectivity index (χ4n) is 2.54. The quantitative estimate of drug-likeness (QED) is 0.904. The molecular formula is C14H19N3S. The van der Waals surface area contributed by atoms with Crippen LogP contribution in [0, 0.1) is 0 Å². The number of aryl methyl sites for hydroxylation is 1. The summed E-state index contributed by atoms with van der Waals surface area (Å²) in [7, 11) is 0. The summed E-state index contributed by atoms with van der Waals surface area (Å²) in [5.74, 6) is 0. The molecule has 2 heterocycles. The van der Waals surface area contributed by atoms with E-state index in [9.17, 15) is 0 Å². The number of aliphatic imine (C=N–C) groups is 1. The predicted molar refractivity (Wildman–Crippen MR) is 80.1 cm³/mol. The molecule has 2 aliphatic heterocycles. The van der Waals surface area contributed by atoms with Gasteiger partial charge in [0.15, 0.2) is 5.17 Å². The first kappa shape index (κ1) is 11.9. The molecule has 2 aliphatic rings. The number of nitrogens with one attached hydrogen (secondary N) is 1. The summed E-state index contributed by atoms with van der Waals surface area (Å²) in [5.41, 5.74) is 4.03. The van der Waals surface area contributed by atoms with E-state index in [0.29, 0.717) is 0 Å². The van der Waals surface area contributed by atoms with Crippen molar-refractivity contribution in [3.63, 3.8) is 0 Å². The summed E-state index contributed by atoms with van der Waals surface area (Å²) < 4.78 is 0. The molecule has 1 N–H and O–H groups in total. The molecule has 0 aliphatic carbocycles. The van der Waals surface area contributed by atoms with Crippen molar-refractivity contribution >= 4 is 28.3 Å². The number of nitrogens with zero attached hydrogens (tertiary/aromatic N) is 2. The third-order valence-electron chi connectivity index (χ3n) is 3.44. The monoisotopic (exact) mass is 261 g/mol. The van der Waals surface area contributed by atoms with Crippen LogP contribution in [0.15, 0.2) is 22.0 Å². The molecule has 0 unspecified atom stereocenters. The number of hydrogen-bond donors (Lipinski definition) is 1. The van der Waals surface area contributed by atoms with Crippen molar-refractivity contribution in [2.24, 2.45) is 4.99 Å². The van der Waals surface area contributed by atoms with Crippen molar-refractivity contribution in [3.8, 4) is 0 Å². The second-order valence-electron chi connectivity index (χ2n) is 4.63. The number of fused-ring (bicyclic) bond motifs is 3. The fraction of sp³-hybridized carbons (Fsp3) is 0.500. The van der Waals surface area contributed by atoms with E-state index in [0.717, 1.165) is 32.5 Å². The van der Waals surface area contributed by atoms with E-state index in [4.69, 9.17) is 0 Å². The number of hydrogen-bond acceptors (Lipinski definition) is 4. The van der Waals surface area contributed by atoms with Crippen LogP contribution < -0.4 is 10.2 Å². The Balaban J connectivity index is 2.04. The molecule has 4 heteroatoms. The van der Waals surface area contributed by atoms with Gasteiger partial charge in [0.1, 0.15) is 0 Å². The second kappa shape index (κ2) is 4.84. The number of anilines is 2. The minimum absolute atomic E-state index is 0.972. The maximum atomic E-state index is 4.62. The highest BCUT2D eigenvalue weighted by Crippen LogP contribution is 2.44. The van der Waals surface area contributed by atoms with Gasteiger partial charge in [-0.15, -0.1) is 0 Å². The molecule has 0 bridgehead atoms. The van der Waals surface area contributed by atoms with Crippen LogP contribution in [-0.2, 0) is 6.42 Å². The van der Waals surface area contributed by atoms with Gasteiger partial charge in [-0.2, -0.15) is 0 Å². The molecule has 0 atom stereocenters. The molecular weight excluding hydrogens is 242 g/mol. The van der Waals surface area contributed by atoms with Crippen molar-refractivity contribution in [1.82, 2.24) is 0 Å². The van der Waals surface area contributed by atoms with Crippen LogP contribution in [-0.4, -0.2) is 24.8 Å². The van der Waals surface area contributed by atoms with Gasteiger partial charge in [0.2, 0.25) is 0 Å². The lowest BCUT2D eigenvalue weighted by molar-refractivity contribution is 0.798. The fourth-order valence-corrected chi connectivity index (χ4v) is 3.67. The predicted octanol–water partition coefficient (Wildman–Crippen LogP) is 3.35. The lowest BCUT2D eigenvalue weighted by Gasteiger charge is -2.23. The lowest BCUT2D eigenvalue weighted by Crippen LogP contribution is -2.30. The van der Waals surface area contributed by atoms with Crippen LogP contribution in [0.3, 0.4) is 0 Å². The van der Waals surface area contributed by atoms with Gasteiger partial charge in [0.05, 0.1) is 5.69 Å². The summed E-state index contributed by atoms with van der Waals surface area (Å²) in [6.07, 6.45) is 2.23. The SMILES string of the molecule is CCNc1cc2c(cc1CC)SC1=NCCCN12. The number of rotatable bonds is 3. The first-order chi connectivity index (χ1) is 8.83. The molecule has 0 aromatic heterocycles. The zero-order valence-electron chi connectivity index (χ0n) is 11.0. The molecule has 18 heavy (non-hydrogen) atoms. The summed E-state index contributed by atoms with van der Waals surface area (Å²) >= 11 is 1.82. The first-order valence-electron chi connectivity index (χ1n) is 6.74. The average Bonchev–Trinajstić information content (AvgIpc) is 2.76. The molecule has 3 nitrogen and oxygen atoms in total. The summed E-state index contributed by atoms with van der Waals surface area (Å²) in [4.78, 5) is 8.36. The number of amidine groups is 1. The Bertz CT molecular complexity index is 496. The molecule has 1 aromatic carbocycles. The third kappa shape index (κ3) is 1.88. The number of thioether (sulfide) groups is 1. The van der Waals surface area contributed by atoms with Crippen molar-refractivity contribution in [2.75, 3.05) is 29.9 Å². The Labute approximate surface area is 113 Å². The lowest BCUT2D eigenvalue weighted by atomic mass is 10.1. The maximum absolute atomic E-state index is 4.62. The van der Waals surface area contributed by atoms with E-state index in [1.807, 2.05) is 11.8 Å². The van der Waals surface area contributed by atoms with E-state index < -0.39 is 0 Å². The first-order valence-corrected chi connectivity index (χ1v) is 7.55. The Kier molecular flexibility index (Phi) is 3.20. The van der Waals surface area contributed by atoms with Gasteiger partial charge in [-0.3, -0.25) is 4.99 Å². The molecule has 0 radical (unpaired) electrons. The average molecular weight is 261 g/mol. The van der Waals surface area contributed by atoms with Gasteiger partial charge >= 0.3 is 0 Å². The van der Waals surface area contributed by atoms with Crippen LogP contribution >= 0.6 is 11.8 Å². The molecule has 96 valence electrons. The van der Waals surface area contributed by atoms with Gasteiger partial charge in [0.25, 0.3) is 0 Å². The van der Waals surface area contributed by atoms with Crippen molar-refractivity contribution < 1.29 is 0 Å². The molecule has 3 rings (SSSR count). The molecule has 0 amide bonds. The molecule has 0 saturated heterocycles. The summed E-state index contributed by atoms with van der Waals surface area (Å²) in [5, 5.41) is 4.66. The third-order valence-corrected chi connectivity index (χ3v) is 4.52. The molecule has 1 aromatic rings. The van der Waals surface area contributed by atoms with E-state index in [1.165, 1.54) is 27.0 Å². The Morgan fingerprint density at radius 3 is 3.06 bits per heavy atom. The van der Waals surface area contributed by atoms with Crippen molar-refractivity contribution in [2.45, 2.75) is 31.6 Å². The molecule has 0 saturated carbocycles. The van der Waals surface area contributed by atoms with Gasteiger partial charge in [-0.1, -0.05) is 6.92 Å². The van der Waals surface area contributed by atoms with E-state index in [1.54, 1.807) is 0 Å². The summed E-state index contributed by atoms with van der Waals surface area (Å²) in [6.45, 7) is 7.42. The van der Waals surface area contributed by atoms with Gasteiger partial charge < -0.3 is 10.2 Å². The van der Waals surface area contributed by atoms with Crippen molar-refractivity contribution in [1.29, 1.82) is 0 Å². The highest BCUT2D eigenvalue weighted by Gasteiger charge is 2.29. The summed E-state index contributed by atoms with van der Waals surface area (Å²) in [6, 6.07) is 4.64. The van der Waals surface area contributed by atoms with Crippen LogP contribution in [0.25, 0.3) is 0 Å². The largest absolute Gasteiger partial charge is 0.385 e. The van der Waals surface area contributed by atoms with E-state index in [2.05, 4.69) is 41.2 Å². The Morgan fingerprint density at radius 1 is 1.39 bits per heavy atom. The highest BCUT2D eigenvalue weighted by molar-refractivity contribution is 8.14. The number of benzene rings is 1. The van der Waals surface area contributed by atoms with Gasteiger partial charge in [-0.25, -0.2) is 0 Å². The smallest absolute Gasteiger partial charge is 0.168 e. The minimum Gasteiger partial charge on any atom is -0.385 e. The standard InChI is InChI=1S/C14H19N3S/c1-3-10-8-13-12(9-11(10)15-4-2)17-7-5-6-16-14(17)18-13/h8-9,15H,3-7H2,1-2H3. The molecule has 0 spiro atoms. The van der Waals surface area contributed by atoms with Crippen LogP contribution in [0.5, 0.6) is 0 Å². The van der Waals surface area contributed by atoms with Crippen molar-refractivity contribution in [3.05, 3.63) is 17.7 Å².